The van der Waals surface area contributed by atoms with E-state index in [1.165, 1.54) is 7.11 Å². The predicted octanol–water partition coefficient (Wildman–Crippen LogP) is -0.543. The molecule has 0 radical (unpaired) electrons. The fourth-order valence-corrected chi connectivity index (χ4v) is 1.50. The van der Waals surface area contributed by atoms with Crippen LogP contribution < -0.4 is 0 Å². The Morgan fingerprint density at radius 1 is 1.19 bits per heavy atom. The normalized spacial score (nSPS) is 12.9. The van der Waals surface area contributed by atoms with Gasteiger partial charge in [-0.05, 0) is 6.42 Å². The summed E-state index contributed by atoms with van der Waals surface area (Å²) in [5, 5.41) is 0. The minimum absolute atomic E-state index is 0.119. The van der Waals surface area contributed by atoms with E-state index in [9.17, 15) is 18.0 Å². The summed E-state index contributed by atoms with van der Waals surface area (Å²) in [6.45, 7) is 0. The molecule has 0 aliphatic rings. The second kappa shape index (κ2) is 6.44. The summed E-state index contributed by atoms with van der Waals surface area (Å²) in [4.78, 5) is 21.9. The maximum absolute atomic E-state index is 11.1. The lowest BCUT2D eigenvalue weighted by Gasteiger charge is -2.12. The molecule has 0 aromatic carbocycles. The van der Waals surface area contributed by atoms with Gasteiger partial charge in [0.1, 0.15) is 0 Å². The molecular formula is C8H14O7S. The molecule has 8 heteroatoms. The van der Waals surface area contributed by atoms with Gasteiger partial charge in [0.15, 0.2) is 6.10 Å². The highest BCUT2D eigenvalue weighted by Gasteiger charge is 2.25. The van der Waals surface area contributed by atoms with Crippen LogP contribution in [0.2, 0.25) is 0 Å². The van der Waals surface area contributed by atoms with Gasteiger partial charge in [-0.2, -0.15) is 8.42 Å². The third kappa shape index (κ3) is 6.36. The molecule has 94 valence electrons. The largest absolute Gasteiger partial charge is 0.469 e. The van der Waals surface area contributed by atoms with Crippen molar-refractivity contribution in [1.29, 1.82) is 0 Å². The first-order valence-electron chi connectivity index (χ1n) is 4.33. The van der Waals surface area contributed by atoms with E-state index < -0.39 is 28.2 Å². The second-order valence-corrected chi connectivity index (χ2v) is 4.53. The first kappa shape index (κ1) is 14.8. The Labute approximate surface area is 93.8 Å². The van der Waals surface area contributed by atoms with Crippen molar-refractivity contribution >= 4 is 22.1 Å². The molecule has 0 aromatic rings. The first-order valence-corrected chi connectivity index (χ1v) is 6.14. The molecule has 0 amide bonds. The molecule has 0 aliphatic carbocycles. The average Bonchev–Trinajstić information content (AvgIpc) is 2.20. The molecule has 16 heavy (non-hydrogen) atoms. The SMILES string of the molecule is COC(=O)CCC(OS(C)(=O)=O)C(=O)OC. The minimum atomic E-state index is -3.79. The lowest BCUT2D eigenvalue weighted by molar-refractivity contribution is -0.150. The van der Waals surface area contributed by atoms with Gasteiger partial charge in [-0.1, -0.05) is 0 Å². The maximum Gasteiger partial charge on any atom is 0.336 e. The van der Waals surface area contributed by atoms with Gasteiger partial charge in [-0.15, -0.1) is 0 Å². The molecule has 0 fully saturated rings. The lowest BCUT2D eigenvalue weighted by atomic mass is 10.2. The molecule has 0 rings (SSSR count). The van der Waals surface area contributed by atoms with Crippen LogP contribution in [-0.2, 0) is 33.4 Å². The van der Waals surface area contributed by atoms with Crippen molar-refractivity contribution < 1.29 is 31.7 Å². The van der Waals surface area contributed by atoms with Crippen LogP contribution in [0.1, 0.15) is 12.8 Å². The Bertz CT molecular complexity index is 345. The minimum Gasteiger partial charge on any atom is -0.469 e. The first-order chi connectivity index (χ1) is 7.30. The zero-order valence-electron chi connectivity index (χ0n) is 9.26. The monoisotopic (exact) mass is 254 g/mol. The number of esters is 2. The van der Waals surface area contributed by atoms with E-state index in [1.54, 1.807) is 0 Å². The van der Waals surface area contributed by atoms with Crippen molar-refractivity contribution in [2.24, 2.45) is 0 Å². The molecule has 0 N–H and O–H groups in total. The smallest absolute Gasteiger partial charge is 0.336 e. The standard InChI is InChI=1S/C8H14O7S/c1-13-7(9)5-4-6(8(10)14-2)15-16(3,11)12/h6H,4-5H2,1-3H3. The Hall–Kier alpha value is -1.15. The highest BCUT2D eigenvalue weighted by Crippen LogP contribution is 2.08. The third-order valence-electron chi connectivity index (χ3n) is 1.59. The number of carbonyl (C=O) groups excluding carboxylic acids is 2. The van der Waals surface area contributed by atoms with Gasteiger partial charge in [-0.25, -0.2) is 4.79 Å². The van der Waals surface area contributed by atoms with Gasteiger partial charge in [0.2, 0.25) is 0 Å². The van der Waals surface area contributed by atoms with E-state index in [0.717, 1.165) is 13.4 Å². The number of hydrogen-bond donors (Lipinski definition) is 0. The van der Waals surface area contributed by atoms with E-state index in [0.29, 0.717) is 0 Å². The van der Waals surface area contributed by atoms with Crippen LogP contribution >= 0.6 is 0 Å². The summed E-state index contributed by atoms with van der Waals surface area (Å²) < 4.78 is 34.8. The molecule has 1 unspecified atom stereocenters. The van der Waals surface area contributed by atoms with Crippen molar-refractivity contribution in [1.82, 2.24) is 0 Å². The van der Waals surface area contributed by atoms with Crippen molar-refractivity contribution in [2.45, 2.75) is 18.9 Å². The van der Waals surface area contributed by atoms with Crippen LogP contribution in [0.15, 0.2) is 0 Å². The van der Waals surface area contributed by atoms with Gasteiger partial charge >= 0.3 is 11.9 Å². The van der Waals surface area contributed by atoms with E-state index in [-0.39, 0.29) is 12.8 Å². The van der Waals surface area contributed by atoms with E-state index in [1.807, 2.05) is 0 Å². The second-order valence-electron chi connectivity index (χ2n) is 2.93. The van der Waals surface area contributed by atoms with Crippen molar-refractivity contribution in [3.8, 4) is 0 Å². The fraction of sp³-hybridized carbons (Fsp3) is 0.750. The van der Waals surface area contributed by atoms with Crippen LogP contribution in [0.5, 0.6) is 0 Å². The molecule has 0 aliphatic heterocycles. The highest BCUT2D eigenvalue weighted by atomic mass is 32.2. The van der Waals surface area contributed by atoms with Crippen LogP contribution in [0.25, 0.3) is 0 Å². The number of methoxy groups -OCH3 is 2. The van der Waals surface area contributed by atoms with Gasteiger partial charge in [0.25, 0.3) is 10.1 Å². The quantitative estimate of drug-likeness (QED) is 0.463. The van der Waals surface area contributed by atoms with Crippen molar-refractivity contribution in [3.05, 3.63) is 0 Å². The van der Waals surface area contributed by atoms with Crippen LogP contribution in [0, 0.1) is 0 Å². The number of carbonyl (C=O) groups is 2. The van der Waals surface area contributed by atoms with E-state index in [2.05, 4.69) is 13.7 Å². The van der Waals surface area contributed by atoms with Crippen molar-refractivity contribution in [3.63, 3.8) is 0 Å². The Kier molecular flexibility index (Phi) is 5.97. The number of hydrogen-bond acceptors (Lipinski definition) is 7. The highest BCUT2D eigenvalue weighted by molar-refractivity contribution is 7.86. The zero-order chi connectivity index (χ0) is 12.8. The van der Waals surface area contributed by atoms with E-state index >= 15 is 0 Å². The molecule has 1 atom stereocenters. The van der Waals surface area contributed by atoms with E-state index in [4.69, 9.17) is 0 Å². The molecule has 0 heterocycles. The summed E-state index contributed by atoms with van der Waals surface area (Å²) in [5.41, 5.74) is 0. The molecule has 0 bridgehead atoms. The van der Waals surface area contributed by atoms with Crippen LogP contribution in [-0.4, -0.2) is 46.9 Å². The Morgan fingerprint density at radius 3 is 2.12 bits per heavy atom. The molecule has 0 spiro atoms. The molecule has 0 saturated heterocycles. The topological polar surface area (TPSA) is 96.0 Å². The number of rotatable bonds is 6. The van der Waals surface area contributed by atoms with Gasteiger partial charge in [0, 0.05) is 6.42 Å². The number of ether oxygens (including phenoxy) is 2. The molecule has 0 saturated carbocycles. The molecule has 0 aromatic heterocycles. The lowest BCUT2D eigenvalue weighted by Crippen LogP contribution is -2.29. The van der Waals surface area contributed by atoms with Crippen LogP contribution in [0.4, 0.5) is 0 Å². The fourth-order valence-electron chi connectivity index (χ4n) is 0.899. The Morgan fingerprint density at radius 2 is 1.75 bits per heavy atom. The summed E-state index contributed by atoms with van der Waals surface area (Å²) in [7, 11) is -1.50. The molecular weight excluding hydrogens is 240 g/mol. The van der Waals surface area contributed by atoms with Gasteiger partial charge in [-0.3, -0.25) is 8.98 Å². The van der Waals surface area contributed by atoms with Gasteiger partial charge < -0.3 is 9.47 Å². The average molecular weight is 254 g/mol. The summed E-state index contributed by atoms with van der Waals surface area (Å²) in [6, 6.07) is 0. The molecule has 7 nitrogen and oxygen atoms in total. The summed E-state index contributed by atoms with van der Waals surface area (Å²) in [5.74, 6) is -1.42. The summed E-state index contributed by atoms with van der Waals surface area (Å²) in [6.07, 6.45) is -0.765. The maximum atomic E-state index is 11.1. The van der Waals surface area contributed by atoms with Crippen LogP contribution in [0.3, 0.4) is 0 Å². The zero-order valence-corrected chi connectivity index (χ0v) is 10.1. The third-order valence-corrected chi connectivity index (χ3v) is 2.18. The summed E-state index contributed by atoms with van der Waals surface area (Å²) >= 11 is 0. The predicted molar refractivity (Wildman–Crippen MR) is 53.0 cm³/mol. The van der Waals surface area contributed by atoms with Crippen molar-refractivity contribution in [2.75, 3.05) is 20.5 Å². The van der Waals surface area contributed by atoms with Gasteiger partial charge in [0.05, 0.1) is 20.5 Å². The Balaban J connectivity index is 4.45.